The van der Waals surface area contributed by atoms with E-state index in [1.165, 1.54) is 36.1 Å². The number of rotatable bonds is 10. The van der Waals surface area contributed by atoms with Gasteiger partial charge in [0.2, 0.25) is 0 Å². The molecule has 0 heterocycles. The number of benzene rings is 1. The molecule has 1 unspecified atom stereocenters. The van der Waals surface area contributed by atoms with Gasteiger partial charge in [-0.3, -0.25) is 0 Å². The molecule has 1 nitrogen and oxygen atoms in total. The van der Waals surface area contributed by atoms with Gasteiger partial charge in [-0.25, -0.2) is 0 Å². The van der Waals surface area contributed by atoms with Crippen molar-refractivity contribution in [2.75, 3.05) is 25.1 Å². The predicted octanol–water partition coefficient (Wildman–Crippen LogP) is 4.54. The highest BCUT2D eigenvalue weighted by Crippen LogP contribution is 2.16. The maximum atomic E-state index is 3.64. The molecule has 1 rings (SSSR count). The van der Waals surface area contributed by atoms with Crippen molar-refractivity contribution in [2.45, 2.75) is 40.0 Å². The molecule has 0 spiro atoms. The molecule has 0 aliphatic heterocycles. The summed E-state index contributed by atoms with van der Waals surface area (Å²) < 4.78 is 0. The van der Waals surface area contributed by atoms with Gasteiger partial charge in [0, 0.05) is 0 Å². The van der Waals surface area contributed by atoms with Crippen LogP contribution in [0, 0.1) is 18.8 Å². The van der Waals surface area contributed by atoms with Gasteiger partial charge < -0.3 is 5.32 Å². The zero-order valence-corrected chi connectivity index (χ0v) is 14.4. The van der Waals surface area contributed by atoms with Gasteiger partial charge in [0.1, 0.15) is 0 Å². The van der Waals surface area contributed by atoms with Crippen LogP contribution in [0.25, 0.3) is 0 Å². The number of hydrogen-bond acceptors (Lipinski definition) is 2. The van der Waals surface area contributed by atoms with Gasteiger partial charge in [0.15, 0.2) is 0 Å². The summed E-state index contributed by atoms with van der Waals surface area (Å²) in [5.74, 6) is 2.79. The van der Waals surface area contributed by atoms with Crippen molar-refractivity contribution in [2.24, 2.45) is 11.8 Å². The molecule has 1 N–H and O–H groups in total. The van der Waals surface area contributed by atoms with Crippen LogP contribution in [-0.4, -0.2) is 25.1 Å². The molecule has 0 aliphatic rings. The van der Waals surface area contributed by atoms with E-state index in [0.29, 0.717) is 0 Å². The standard InChI is InChI=1S/C18H31NS/c1-15(2)13-19-14-18(9-6-10-20-4)12-17-8-5-7-16(3)11-17/h5,7-8,11,15,18-19H,6,9-10,12-14H2,1-4H3. The highest BCUT2D eigenvalue weighted by molar-refractivity contribution is 7.98. The second-order valence-electron chi connectivity index (χ2n) is 6.25. The van der Waals surface area contributed by atoms with Crippen molar-refractivity contribution < 1.29 is 0 Å². The van der Waals surface area contributed by atoms with Crippen LogP contribution in [0.3, 0.4) is 0 Å². The van der Waals surface area contributed by atoms with Gasteiger partial charge in [0.25, 0.3) is 0 Å². The minimum absolute atomic E-state index is 0.737. The van der Waals surface area contributed by atoms with E-state index in [-0.39, 0.29) is 0 Å². The Bertz CT molecular complexity index is 362. The summed E-state index contributed by atoms with van der Waals surface area (Å²) in [5.41, 5.74) is 2.87. The van der Waals surface area contributed by atoms with E-state index >= 15 is 0 Å². The fourth-order valence-electron chi connectivity index (χ4n) is 2.54. The van der Waals surface area contributed by atoms with Crippen molar-refractivity contribution >= 4 is 11.8 Å². The summed E-state index contributed by atoms with van der Waals surface area (Å²) in [7, 11) is 0. The molecular formula is C18H31NS. The third-order valence-corrected chi connectivity index (χ3v) is 4.25. The first-order valence-electron chi connectivity index (χ1n) is 7.87. The molecule has 0 aliphatic carbocycles. The fraction of sp³-hybridized carbons (Fsp3) is 0.667. The molecule has 0 saturated heterocycles. The maximum Gasteiger partial charge on any atom is -0.00172 e. The quantitative estimate of drug-likeness (QED) is 0.636. The maximum absolute atomic E-state index is 3.64. The van der Waals surface area contributed by atoms with Crippen molar-refractivity contribution in [3.05, 3.63) is 35.4 Å². The molecule has 114 valence electrons. The van der Waals surface area contributed by atoms with Crippen LogP contribution in [0.5, 0.6) is 0 Å². The topological polar surface area (TPSA) is 12.0 Å². The minimum atomic E-state index is 0.737. The molecule has 0 bridgehead atoms. The van der Waals surface area contributed by atoms with Gasteiger partial charge in [-0.1, -0.05) is 43.7 Å². The Hall–Kier alpha value is -0.470. The average molecular weight is 294 g/mol. The smallest absolute Gasteiger partial charge is 0.00172 e. The molecule has 1 atom stereocenters. The van der Waals surface area contributed by atoms with E-state index in [2.05, 4.69) is 56.6 Å². The lowest BCUT2D eigenvalue weighted by molar-refractivity contribution is 0.422. The number of nitrogens with one attached hydrogen (secondary N) is 1. The van der Waals surface area contributed by atoms with Gasteiger partial charge >= 0.3 is 0 Å². The second kappa shape index (κ2) is 10.3. The summed E-state index contributed by atoms with van der Waals surface area (Å²) in [6.07, 6.45) is 6.08. The normalized spacial score (nSPS) is 12.8. The van der Waals surface area contributed by atoms with E-state index in [1.54, 1.807) is 0 Å². The lowest BCUT2D eigenvalue weighted by atomic mass is 9.94. The summed E-state index contributed by atoms with van der Waals surface area (Å²) in [6.45, 7) is 9.02. The van der Waals surface area contributed by atoms with Gasteiger partial charge in [0.05, 0.1) is 0 Å². The first kappa shape index (κ1) is 17.6. The Labute approximate surface area is 129 Å². The minimum Gasteiger partial charge on any atom is -0.316 e. The van der Waals surface area contributed by atoms with Crippen LogP contribution in [-0.2, 0) is 6.42 Å². The zero-order valence-electron chi connectivity index (χ0n) is 13.6. The molecule has 0 radical (unpaired) electrons. The number of thioether (sulfide) groups is 1. The summed E-state index contributed by atoms with van der Waals surface area (Å²) >= 11 is 1.96. The van der Waals surface area contributed by atoms with Crippen molar-refractivity contribution in [3.8, 4) is 0 Å². The third-order valence-electron chi connectivity index (χ3n) is 3.55. The summed E-state index contributed by atoms with van der Waals surface area (Å²) in [6, 6.07) is 8.98. The van der Waals surface area contributed by atoms with Gasteiger partial charge in [-0.05, 0) is 68.7 Å². The van der Waals surface area contributed by atoms with Crippen LogP contribution < -0.4 is 5.32 Å². The Kier molecular flexibility index (Phi) is 9.04. The molecular weight excluding hydrogens is 262 g/mol. The third kappa shape index (κ3) is 7.96. The Morgan fingerprint density at radius 3 is 2.65 bits per heavy atom. The van der Waals surface area contributed by atoms with Gasteiger partial charge in [-0.15, -0.1) is 0 Å². The van der Waals surface area contributed by atoms with Crippen molar-refractivity contribution in [1.29, 1.82) is 0 Å². The molecule has 0 fully saturated rings. The molecule has 2 heteroatoms. The lowest BCUT2D eigenvalue weighted by Crippen LogP contribution is -2.27. The Balaban J connectivity index is 2.47. The molecule has 1 aromatic carbocycles. The predicted molar refractivity (Wildman–Crippen MR) is 93.7 cm³/mol. The van der Waals surface area contributed by atoms with Crippen LogP contribution in [0.4, 0.5) is 0 Å². The Morgan fingerprint density at radius 2 is 2.00 bits per heavy atom. The molecule has 1 aromatic rings. The van der Waals surface area contributed by atoms with E-state index in [1.807, 2.05) is 11.8 Å². The van der Waals surface area contributed by atoms with Crippen molar-refractivity contribution in [1.82, 2.24) is 5.32 Å². The highest BCUT2D eigenvalue weighted by Gasteiger charge is 2.10. The Morgan fingerprint density at radius 1 is 1.20 bits per heavy atom. The van der Waals surface area contributed by atoms with E-state index in [4.69, 9.17) is 0 Å². The van der Waals surface area contributed by atoms with Gasteiger partial charge in [-0.2, -0.15) is 11.8 Å². The SMILES string of the molecule is CSCCCC(CNCC(C)C)Cc1cccc(C)c1. The van der Waals surface area contributed by atoms with Crippen LogP contribution >= 0.6 is 11.8 Å². The fourth-order valence-corrected chi connectivity index (χ4v) is 3.00. The van der Waals surface area contributed by atoms with Crippen LogP contribution in [0.15, 0.2) is 24.3 Å². The molecule has 0 saturated carbocycles. The molecule has 20 heavy (non-hydrogen) atoms. The largest absolute Gasteiger partial charge is 0.316 e. The van der Waals surface area contributed by atoms with Crippen molar-refractivity contribution in [3.63, 3.8) is 0 Å². The van der Waals surface area contributed by atoms with E-state index in [9.17, 15) is 0 Å². The number of hydrogen-bond donors (Lipinski definition) is 1. The number of aryl methyl sites for hydroxylation is 1. The summed E-state index contributed by atoms with van der Waals surface area (Å²) in [5, 5.41) is 3.64. The molecule has 0 amide bonds. The lowest BCUT2D eigenvalue weighted by Gasteiger charge is -2.19. The monoisotopic (exact) mass is 293 g/mol. The summed E-state index contributed by atoms with van der Waals surface area (Å²) in [4.78, 5) is 0. The van der Waals surface area contributed by atoms with E-state index < -0.39 is 0 Å². The molecule has 0 aromatic heterocycles. The first-order chi connectivity index (χ1) is 9.61. The van der Waals surface area contributed by atoms with E-state index in [0.717, 1.165) is 24.9 Å². The zero-order chi connectivity index (χ0) is 14.8. The average Bonchev–Trinajstić information content (AvgIpc) is 2.38. The highest BCUT2D eigenvalue weighted by atomic mass is 32.2. The second-order valence-corrected chi connectivity index (χ2v) is 7.23. The van der Waals surface area contributed by atoms with Crippen LogP contribution in [0.1, 0.15) is 37.8 Å². The first-order valence-corrected chi connectivity index (χ1v) is 9.26. The van der Waals surface area contributed by atoms with Crippen LogP contribution in [0.2, 0.25) is 0 Å².